The van der Waals surface area contributed by atoms with Crippen molar-refractivity contribution in [1.29, 1.82) is 0 Å². The number of ether oxygens (including phenoxy) is 1. The van der Waals surface area contributed by atoms with E-state index in [0.29, 0.717) is 13.0 Å². The van der Waals surface area contributed by atoms with Gasteiger partial charge in [-0.25, -0.2) is 0 Å². The van der Waals surface area contributed by atoms with Crippen molar-refractivity contribution in [2.45, 2.75) is 37.3 Å². The Morgan fingerprint density at radius 3 is 2.91 bits per heavy atom. The largest absolute Gasteiger partial charge is 0.388 e. The number of hydrogen-bond donors (Lipinski definition) is 2. The molecule has 1 rings (SSSR count). The van der Waals surface area contributed by atoms with Gasteiger partial charge in [-0.1, -0.05) is 0 Å². The lowest BCUT2D eigenvalue weighted by atomic mass is 9.95. The molecule has 2 atom stereocenters. The number of methoxy groups -OCH3 is 1. The van der Waals surface area contributed by atoms with E-state index in [2.05, 4.69) is 0 Å². The summed E-state index contributed by atoms with van der Waals surface area (Å²) < 4.78 is 4.90. The van der Waals surface area contributed by atoms with Gasteiger partial charge in [-0.05, 0) is 19.3 Å². The molecule has 3 nitrogen and oxygen atoms in total. The second-order valence-electron chi connectivity index (χ2n) is 3.35. The van der Waals surface area contributed by atoms with Crippen LogP contribution in [0.2, 0.25) is 0 Å². The maximum Gasteiger partial charge on any atom is 0.0819 e. The molecule has 0 amide bonds. The molecule has 0 aromatic rings. The molecular formula is C8H17NO2. The van der Waals surface area contributed by atoms with Crippen molar-refractivity contribution in [2.75, 3.05) is 13.7 Å². The molecule has 2 unspecified atom stereocenters. The fourth-order valence-corrected chi connectivity index (χ4v) is 1.67. The Labute approximate surface area is 67.5 Å². The molecule has 1 fully saturated rings. The van der Waals surface area contributed by atoms with Crippen LogP contribution in [-0.4, -0.2) is 30.5 Å². The highest BCUT2D eigenvalue weighted by atomic mass is 16.5. The fourth-order valence-electron chi connectivity index (χ4n) is 1.67. The molecule has 0 radical (unpaired) electrons. The minimum atomic E-state index is -0.643. The SMILES string of the molecule is COCCC1(O)CCCC1N. The van der Waals surface area contributed by atoms with Crippen LogP contribution in [0, 0.1) is 0 Å². The molecule has 1 aliphatic carbocycles. The molecule has 0 saturated heterocycles. The fraction of sp³-hybridized carbons (Fsp3) is 1.00. The van der Waals surface area contributed by atoms with E-state index < -0.39 is 5.60 Å². The third-order valence-corrected chi connectivity index (χ3v) is 2.55. The summed E-state index contributed by atoms with van der Waals surface area (Å²) in [5.41, 5.74) is 5.11. The van der Waals surface area contributed by atoms with Gasteiger partial charge < -0.3 is 15.6 Å². The van der Waals surface area contributed by atoms with Crippen molar-refractivity contribution in [1.82, 2.24) is 0 Å². The standard InChI is InChI=1S/C8H17NO2/c1-11-6-5-8(10)4-2-3-7(8)9/h7,10H,2-6,9H2,1H3. The van der Waals surface area contributed by atoms with Crippen LogP contribution >= 0.6 is 0 Å². The zero-order chi connectivity index (χ0) is 8.32. The van der Waals surface area contributed by atoms with E-state index in [-0.39, 0.29) is 6.04 Å². The number of hydrogen-bond acceptors (Lipinski definition) is 3. The van der Waals surface area contributed by atoms with Gasteiger partial charge in [0.05, 0.1) is 5.60 Å². The predicted molar refractivity (Wildman–Crippen MR) is 43.3 cm³/mol. The monoisotopic (exact) mass is 159 g/mol. The summed E-state index contributed by atoms with van der Waals surface area (Å²) in [5.74, 6) is 0. The summed E-state index contributed by atoms with van der Waals surface area (Å²) in [6, 6.07) is -0.0438. The smallest absolute Gasteiger partial charge is 0.0819 e. The van der Waals surface area contributed by atoms with Crippen LogP contribution in [0.15, 0.2) is 0 Å². The van der Waals surface area contributed by atoms with Gasteiger partial charge in [0, 0.05) is 26.2 Å². The zero-order valence-corrected chi connectivity index (χ0v) is 7.05. The Balaban J connectivity index is 2.38. The van der Waals surface area contributed by atoms with Gasteiger partial charge in [0.2, 0.25) is 0 Å². The summed E-state index contributed by atoms with van der Waals surface area (Å²) >= 11 is 0. The topological polar surface area (TPSA) is 55.5 Å². The zero-order valence-electron chi connectivity index (χ0n) is 7.05. The Morgan fingerprint density at radius 1 is 1.73 bits per heavy atom. The van der Waals surface area contributed by atoms with Gasteiger partial charge in [-0.3, -0.25) is 0 Å². The number of rotatable bonds is 3. The Hall–Kier alpha value is -0.120. The van der Waals surface area contributed by atoms with E-state index in [4.69, 9.17) is 10.5 Å². The van der Waals surface area contributed by atoms with Crippen molar-refractivity contribution in [3.05, 3.63) is 0 Å². The van der Waals surface area contributed by atoms with Crippen molar-refractivity contribution in [2.24, 2.45) is 5.73 Å². The lowest BCUT2D eigenvalue weighted by molar-refractivity contribution is 0.00172. The summed E-state index contributed by atoms with van der Waals surface area (Å²) in [5, 5.41) is 9.89. The maximum absolute atomic E-state index is 9.89. The van der Waals surface area contributed by atoms with Gasteiger partial charge in [-0.15, -0.1) is 0 Å². The Morgan fingerprint density at radius 2 is 2.45 bits per heavy atom. The minimum Gasteiger partial charge on any atom is -0.388 e. The van der Waals surface area contributed by atoms with Gasteiger partial charge >= 0.3 is 0 Å². The highest BCUT2D eigenvalue weighted by Gasteiger charge is 2.38. The first-order valence-corrected chi connectivity index (χ1v) is 4.16. The molecule has 3 heteroatoms. The third kappa shape index (κ3) is 1.92. The molecule has 0 aromatic heterocycles. The van der Waals surface area contributed by atoms with Crippen LogP contribution in [0.5, 0.6) is 0 Å². The van der Waals surface area contributed by atoms with Crippen LogP contribution in [-0.2, 0) is 4.74 Å². The summed E-state index contributed by atoms with van der Waals surface area (Å²) in [6.45, 7) is 0.601. The van der Waals surface area contributed by atoms with Crippen LogP contribution < -0.4 is 5.73 Å². The number of nitrogens with two attached hydrogens (primary N) is 1. The third-order valence-electron chi connectivity index (χ3n) is 2.55. The van der Waals surface area contributed by atoms with Gasteiger partial charge in [0.15, 0.2) is 0 Å². The second kappa shape index (κ2) is 3.52. The first kappa shape index (κ1) is 8.97. The van der Waals surface area contributed by atoms with Crippen LogP contribution in [0.1, 0.15) is 25.7 Å². The summed E-state index contributed by atoms with van der Waals surface area (Å²) in [4.78, 5) is 0. The van der Waals surface area contributed by atoms with Gasteiger partial charge in [-0.2, -0.15) is 0 Å². The minimum absolute atomic E-state index is 0.0438. The predicted octanol–water partition coefficient (Wildman–Crippen LogP) is 0.265. The van der Waals surface area contributed by atoms with Crippen molar-refractivity contribution < 1.29 is 9.84 Å². The lowest BCUT2D eigenvalue weighted by Gasteiger charge is -2.26. The highest BCUT2D eigenvalue weighted by molar-refractivity contribution is 4.94. The molecule has 0 aliphatic heterocycles. The molecule has 11 heavy (non-hydrogen) atoms. The van der Waals surface area contributed by atoms with Crippen molar-refractivity contribution in [3.8, 4) is 0 Å². The van der Waals surface area contributed by atoms with Gasteiger partial charge in [0.1, 0.15) is 0 Å². The van der Waals surface area contributed by atoms with E-state index in [9.17, 15) is 5.11 Å². The maximum atomic E-state index is 9.89. The summed E-state index contributed by atoms with van der Waals surface area (Å²) in [6.07, 6.45) is 3.49. The molecule has 0 aromatic carbocycles. The lowest BCUT2D eigenvalue weighted by Crippen LogP contribution is -2.44. The Kier molecular flexibility index (Phi) is 2.87. The second-order valence-corrected chi connectivity index (χ2v) is 3.35. The molecule has 3 N–H and O–H groups in total. The average molecular weight is 159 g/mol. The molecule has 0 spiro atoms. The van der Waals surface area contributed by atoms with E-state index in [1.165, 1.54) is 0 Å². The molecule has 0 heterocycles. The number of aliphatic hydroxyl groups is 1. The molecule has 1 saturated carbocycles. The van der Waals surface area contributed by atoms with E-state index in [1.54, 1.807) is 7.11 Å². The molecule has 0 bridgehead atoms. The summed E-state index contributed by atoms with van der Waals surface area (Å²) in [7, 11) is 1.64. The van der Waals surface area contributed by atoms with Crippen molar-refractivity contribution in [3.63, 3.8) is 0 Å². The van der Waals surface area contributed by atoms with E-state index in [1.807, 2.05) is 0 Å². The molecule has 1 aliphatic rings. The molecular weight excluding hydrogens is 142 g/mol. The highest BCUT2D eigenvalue weighted by Crippen LogP contribution is 2.31. The first-order chi connectivity index (χ1) is 5.19. The quantitative estimate of drug-likeness (QED) is 0.621. The van der Waals surface area contributed by atoms with Gasteiger partial charge in [0.25, 0.3) is 0 Å². The van der Waals surface area contributed by atoms with Crippen LogP contribution in [0.25, 0.3) is 0 Å². The normalized spacial score (nSPS) is 37.9. The Bertz CT molecular complexity index is 129. The van der Waals surface area contributed by atoms with E-state index in [0.717, 1.165) is 19.3 Å². The van der Waals surface area contributed by atoms with Crippen LogP contribution in [0.3, 0.4) is 0 Å². The van der Waals surface area contributed by atoms with Crippen molar-refractivity contribution >= 4 is 0 Å². The van der Waals surface area contributed by atoms with E-state index >= 15 is 0 Å². The average Bonchev–Trinajstić information content (AvgIpc) is 2.30. The molecule has 66 valence electrons. The van der Waals surface area contributed by atoms with Crippen LogP contribution in [0.4, 0.5) is 0 Å². The first-order valence-electron chi connectivity index (χ1n) is 4.16.